The first-order chi connectivity index (χ1) is 17.2. The summed E-state index contributed by atoms with van der Waals surface area (Å²) in [6.45, 7) is 5.42. The molecule has 186 valence electrons. The molecule has 0 aromatic heterocycles. The number of nitrogens with one attached hydrogen (secondary N) is 1. The molecule has 3 aromatic rings. The van der Waals surface area contributed by atoms with Crippen molar-refractivity contribution in [1.82, 2.24) is 9.80 Å². The number of ether oxygens (including phenoxy) is 1. The molecule has 1 saturated heterocycles. The number of alkyl halides is 3. The summed E-state index contributed by atoms with van der Waals surface area (Å²) in [5.74, 6) is 1.09. The van der Waals surface area contributed by atoms with Gasteiger partial charge in [-0.1, -0.05) is 29.8 Å². The lowest BCUT2D eigenvalue weighted by Crippen LogP contribution is -2.56. The number of rotatable bonds is 1. The van der Waals surface area contributed by atoms with Crippen LogP contribution in [0.2, 0.25) is 0 Å². The van der Waals surface area contributed by atoms with E-state index in [9.17, 15) is 18.0 Å². The maximum atomic E-state index is 13.3. The first kappa shape index (κ1) is 23.7. The number of hydrogen-bond donors (Lipinski definition) is 1. The van der Waals surface area contributed by atoms with Gasteiger partial charge in [0.25, 0.3) is 0 Å². The van der Waals surface area contributed by atoms with E-state index in [1.54, 1.807) is 17.0 Å². The van der Waals surface area contributed by atoms with Crippen LogP contribution in [0.25, 0.3) is 0 Å². The summed E-state index contributed by atoms with van der Waals surface area (Å²) < 4.78 is 45.8. The van der Waals surface area contributed by atoms with E-state index in [1.807, 2.05) is 50.2 Å². The Hall–Kier alpha value is -4.01. The Labute approximate surface area is 207 Å². The minimum Gasteiger partial charge on any atom is -0.454 e. The maximum Gasteiger partial charge on any atom is 0.416 e. The van der Waals surface area contributed by atoms with Crippen molar-refractivity contribution in [3.05, 3.63) is 83.4 Å². The predicted octanol–water partition coefficient (Wildman–Crippen LogP) is 6.44. The molecule has 0 radical (unpaired) electrons. The minimum atomic E-state index is -4.48. The number of piperazine rings is 1. The number of benzene rings is 3. The molecule has 0 aliphatic carbocycles. The summed E-state index contributed by atoms with van der Waals surface area (Å²) in [5.41, 5.74) is 2.06. The van der Waals surface area contributed by atoms with Crippen molar-refractivity contribution in [3.63, 3.8) is 0 Å². The second-order valence-corrected chi connectivity index (χ2v) is 9.00. The molecule has 2 amide bonds. The molecule has 6 nitrogen and oxygen atoms in total. The number of halogens is 3. The number of hydrogen-bond acceptors (Lipinski definition) is 4. The number of amidine groups is 1. The molecule has 9 heteroatoms. The number of aliphatic imine (C=N–C) groups is 1. The van der Waals surface area contributed by atoms with Gasteiger partial charge < -0.3 is 19.9 Å². The van der Waals surface area contributed by atoms with E-state index in [-0.39, 0.29) is 17.8 Å². The summed E-state index contributed by atoms with van der Waals surface area (Å²) in [6.07, 6.45) is -4.48. The Morgan fingerprint density at radius 2 is 1.78 bits per heavy atom. The monoisotopic (exact) mass is 494 g/mol. The van der Waals surface area contributed by atoms with Crippen molar-refractivity contribution in [2.75, 3.05) is 25.0 Å². The Morgan fingerprint density at radius 3 is 2.50 bits per heavy atom. The van der Waals surface area contributed by atoms with Crippen LogP contribution < -0.4 is 10.1 Å². The minimum absolute atomic E-state index is 0.0523. The highest BCUT2D eigenvalue weighted by Crippen LogP contribution is 2.42. The number of aryl methyl sites for hydroxylation is 1. The van der Waals surface area contributed by atoms with E-state index in [0.29, 0.717) is 42.5 Å². The van der Waals surface area contributed by atoms with Crippen molar-refractivity contribution in [2.45, 2.75) is 26.1 Å². The molecular weight excluding hydrogens is 469 g/mol. The van der Waals surface area contributed by atoms with Crippen LogP contribution in [-0.2, 0) is 6.18 Å². The van der Waals surface area contributed by atoms with Gasteiger partial charge in [0.05, 0.1) is 11.1 Å². The molecule has 0 spiro atoms. The van der Waals surface area contributed by atoms with Crippen molar-refractivity contribution in [2.24, 2.45) is 4.99 Å². The highest BCUT2D eigenvalue weighted by molar-refractivity contribution is 6.04. The summed E-state index contributed by atoms with van der Waals surface area (Å²) in [7, 11) is 0. The third-order valence-electron chi connectivity index (χ3n) is 6.35. The largest absolute Gasteiger partial charge is 0.454 e. The zero-order valence-corrected chi connectivity index (χ0v) is 19.8. The fourth-order valence-electron chi connectivity index (χ4n) is 4.42. The molecule has 1 atom stereocenters. The van der Waals surface area contributed by atoms with E-state index in [4.69, 9.17) is 9.73 Å². The first-order valence-electron chi connectivity index (χ1n) is 11.7. The highest BCUT2D eigenvalue weighted by Gasteiger charge is 2.34. The summed E-state index contributed by atoms with van der Waals surface area (Å²) in [6, 6.07) is 17.8. The third-order valence-corrected chi connectivity index (χ3v) is 6.35. The highest BCUT2D eigenvalue weighted by atomic mass is 19.4. The summed E-state index contributed by atoms with van der Waals surface area (Å²) >= 11 is 0. The third kappa shape index (κ3) is 4.73. The van der Waals surface area contributed by atoms with Gasteiger partial charge in [0.15, 0.2) is 5.75 Å². The summed E-state index contributed by atoms with van der Waals surface area (Å²) in [4.78, 5) is 21.5. The van der Waals surface area contributed by atoms with Gasteiger partial charge in [0.2, 0.25) is 0 Å². The lowest BCUT2D eigenvalue weighted by atomic mass is 10.1. The fourth-order valence-corrected chi connectivity index (χ4v) is 4.42. The van der Waals surface area contributed by atoms with E-state index in [2.05, 4.69) is 10.2 Å². The number of amides is 2. The average Bonchev–Trinajstić information content (AvgIpc) is 3.01. The van der Waals surface area contributed by atoms with Crippen molar-refractivity contribution >= 4 is 23.2 Å². The van der Waals surface area contributed by atoms with Gasteiger partial charge in [-0.15, -0.1) is 0 Å². The Kier molecular flexibility index (Phi) is 6.07. The molecule has 36 heavy (non-hydrogen) atoms. The molecule has 0 saturated carbocycles. The number of para-hydroxylation sites is 1. The Balaban J connectivity index is 1.40. The topological polar surface area (TPSA) is 57.2 Å². The molecule has 1 fully saturated rings. The standard InChI is InChI=1S/C27H25F3N4O2/c1-17-7-10-20(11-8-17)31-26(35)34-14-13-33(16-18(34)2)25-21-5-3-4-6-23(21)36-24-15-19(27(28,29)30)9-12-22(24)32-25/h3-12,15,18H,13-14,16H2,1-2H3,(H,31,35). The summed E-state index contributed by atoms with van der Waals surface area (Å²) in [5, 5.41) is 2.95. The molecule has 0 bridgehead atoms. The van der Waals surface area contributed by atoms with Gasteiger partial charge in [0.1, 0.15) is 17.3 Å². The zero-order valence-electron chi connectivity index (χ0n) is 19.8. The van der Waals surface area contributed by atoms with Gasteiger partial charge in [0, 0.05) is 31.4 Å². The Bertz CT molecular complexity index is 1320. The first-order valence-corrected chi connectivity index (χ1v) is 11.7. The van der Waals surface area contributed by atoms with E-state index < -0.39 is 11.7 Å². The second-order valence-electron chi connectivity index (χ2n) is 9.00. The molecule has 2 heterocycles. The Morgan fingerprint density at radius 1 is 1.03 bits per heavy atom. The lowest BCUT2D eigenvalue weighted by molar-refractivity contribution is -0.137. The number of nitrogens with zero attached hydrogens (tertiary/aromatic N) is 3. The van der Waals surface area contributed by atoms with Crippen LogP contribution in [0.15, 0.2) is 71.7 Å². The molecule has 5 rings (SSSR count). The van der Waals surface area contributed by atoms with Crippen molar-refractivity contribution < 1.29 is 22.7 Å². The second kappa shape index (κ2) is 9.22. The fraction of sp³-hybridized carbons (Fsp3) is 0.259. The molecule has 3 aromatic carbocycles. The molecule has 2 aliphatic rings. The van der Waals surface area contributed by atoms with Crippen LogP contribution in [0.1, 0.15) is 23.6 Å². The average molecular weight is 495 g/mol. The normalized spacial score (nSPS) is 17.4. The molecule has 1 N–H and O–H groups in total. The predicted molar refractivity (Wildman–Crippen MR) is 132 cm³/mol. The molecule has 2 aliphatic heterocycles. The van der Waals surface area contributed by atoms with Gasteiger partial charge in [-0.05, 0) is 56.3 Å². The quantitative estimate of drug-likeness (QED) is 0.424. The number of urea groups is 1. The van der Waals surface area contributed by atoms with E-state index in [1.165, 1.54) is 6.07 Å². The lowest BCUT2D eigenvalue weighted by Gasteiger charge is -2.41. The van der Waals surface area contributed by atoms with Gasteiger partial charge in [-0.25, -0.2) is 9.79 Å². The number of anilines is 1. The van der Waals surface area contributed by atoms with Gasteiger partial charge in [-0.3, -0.25) is 0 Å². The smallest absolute Gasteiger partial charge is 0.416 e. The molecular formula is C27H25F3N4O2. The van der Waals surface area contributed by atoms with Crippen LogP contribution >= 0.6 is 0 Å². The SMILES string of the molecule is Cc1ccc(NC(=O)N2CCN(C3=Nc4ccc(C(F)(F)F)cc4Oc4ccccc43)CC2C)cc1. The number of carbonyl (C=O) groups is 1. The van der Waals surface area contributed by atoms with E-state index >= 15 is 0 Å². The van der Waals surface area contributed by atoms with Crippen molar-refractivity contribution in [1.29, 1.82) is 0 Å². The van der Waals surface area contributed by atoms with E-state index in [0.717, 1.165) is 23.4 Å². The number of fused-ring (bicyclic) bond motifs is 2. The van der Waals surface area contributed by atoms with Crippen LogP contribution in [0.3, 0.4) is 0 Å². The van der Waals surface area contributed by atoms with Crippen LogP contribution in [0.4, 0.5) is 29.3 Å². The zero-order chi connectivity index (χ0) is 25.4. The van der Waals surface area contributed by atoms with Crippen LogP contribution in [-0.4, -0.2) is 47.3 Å². The number of carbonyl (C=O) groups excluding carboxylic acids is 1. The maximum absolute atomic E-state index is 13.3. The van der Waals surface area contributed by atoms with Gasteiger partial charge >= 0.3 is 12.2 Å². The van der Waals surface area contributed by atoms with Crippen molar-refractivity contribution in [3.8, 4) is 11.5 Å². The van der Waals surface area contributed by atoms with Crippen LogP contribution in [0, 0.1) is 6.92 Å². The molecule has 1 unspecified atom stereocenters. The van der Waals surface area contributed by atoms with Gasteiger partial charge in [-0.2, -0.15) is 13.2 Å². The van der Waals surface area contributed by atoms with Crippen LogP contribution in [0.5, 0.6) is 11.5 Å².